The van der Waals surface area contributed by atoms with Crippen LogP contribution in [-0.4, -0.2) is 0 Å². The predicted octanol–water partition coefficient (Wildman–Crippen LogP) is 19.6. The maximum absolute atomic E-state index is 7.27. The summed E-state index contributed by atoms with van der Waals surface area (Å²) in [6, 6.07) is 97.7. The van der Waals surface area contributed by atoms with Gasteiger partial charge in [0.25, 0.3) is 0 Å². The van der Waals surface area contributed by atoms with Crippen LogP contribution >= 0.6 is 7.92 Å². The molecule has 0 saturated heterocycles. The van der Waals surface area contributed by atoms with Crippen molar-refractivity contribution in [3.63, 3.8) is 0 Å². The Morgan fingerprint density at radius 3 is 0.427 bits per heavy atom. The number of ether oxygens (including phenoxy) is 9. The Kier molecular flexibility index (Phi) is 16.1. The zero-order valence-corrected chi connectivity index (χ0v) is 45.0. The number of para-hydroxylation sites is 9. The molecule has 0 radical (unpaired) electrons. The van der Waals surface area contributed by atoms with Gasteiger partial charge in [-0.1, -0.05) is 164 Å². The fraction of sp³-hybridized carbons (Fsp3) is 0. The fourth-order valence-corrected chi connectivity index (χ4v) is 11.5. The fourth-order valence-electron chi connectivity index (χ4n) is 8.88. The summed E-state index contributed by atoms with van der Waals surface area (Å²) in [4.78, 5) is 0. The molecule has 82 heavy (non-hydrogen) atoms. The summed E-state index contributed by atoms with van der Waals surface area (Å²) in [7, 11) is -2.28. The number of hydrogen-bond donors (Lipinski definition) is 0. The van der Waals surface area contributed by atoms with E-state index in [9.17, 15) is 0 Å². The Morgan fingerprint density at radius 1 is 0.146 bits per heavy atom. The van der Waals surface area contributed by atoms with Crippen LogP contribution in [0.15, 0.2) is 309 Å². The Balaban J connectivity index is 1.24. The first-order valence-corrected chi connectivity index (χ1v) is 27.8. The molecular formula is C72H51O9P. The van der Waals surface area contributed by atoms with E-state index >= 15 is 0 Å². The molecule has 0 spiro atoms. The van der Waals surface area contributed by atoms with Crippen LogP contribution in [0.2, 0.25) is 0 Å². The van der Waals surface area contributed by atoms with Gasteiger partial charge in [-0.05, 0) is 109 Å². The largest absolute Gasteiger partial charge is 0.457 e. The van der Waals surface area contributed by atoms with E-state index in [1.807, 2.05) is 309 Å². The van der Waals surface area contributed by atoms with E-state index in [1.165, 1.54) is 0 Å². The average Bonchev–Trinajstić information content (AvgIpc) is 3.60. The highest BCUT2D eigenvalue weighted by atomic mass is 31.1. The van der Waals surface area contributed by atoms with E-state index in [0.29, 0.717) is 119 Å². The van der Waals surface area contributed by atoms with Crippen LogP contribution in [0.4, 0.5) is 0 Å². The molecule has 0 unspecified atom stereocenters. The third-order valence-corrected chi connectivity index (χ3v) is 15.1. The highest BCUT2D eigenvalue weighted by molar-refractivity contribution is 7.81. The summed E-state index contributed by atoms with van der Waals surface area (Å²) in [5.41, 5.74) is 0. The Bertz CT molecular complexity index is 3370. The van der Waals surface area contributed by atoms with Crippen molar-refractivity contribution in [3.8, 4) is 103 Å². The minimum atomic E-state index is -2.28. The maximum atomic E-state index is 7.27. The first-order chi connectivity index (χ1) is 40.6. The molecule has 0 aromatic heterocycles. The van der Waals surface area contributed by atoms with E-state index in [4.69, 9.17) is 42.6 Å². The van der Waals surface area contributed by atoms with Crippen molar-refractivity contribution in [2.75, 3.05) is 0 Å². The molecule has 10 heteroatoms. The van der Waals surface area contributed by atoms with E-state index in [-0.39, 0.29) is 0 Å². The van der Waals surface area contributed by atoms with Gasteiger partial charge in [0.1, 0.15) is 103 Å². The average molecular weight is 1090 g/mol. The Hall–Kier alpha value is -10.7. The molecule has 0 aliphatic heterocycles. The van der Waals surface area contributed by atoms with Crippen LogP contribution in [0.1, 0.15) is 0 Å². The normalized spacial score (nSPS) is 10.8. The van der Waals surface area contributed by atoms with Crippen molar-refractivity contribution < 1.29 is 42.6 Å². The van der Waals surface area contributed by atoms with Gasteiger partial charge in [-0.25, -0.2) is 0 Å². The smallest absolute Gasteiger partial charge is 0.143 e. The Labute approximate surface area is 477 Å². The quantitative estimate of drug-likeness (QED) is 0.0653. The van der Waals surface area contributed by atoms with Gasteiger partial charge in [0.2, 0.25) is 0 Å². The molecule has 9 nitrogen and oxygen atoms in total. The molecule has 0 bridgehead atoms. The van der Waals surface area contributed by atoms with E-state index in [1.54, 1.807) is 0 Å². The van der Waals surface area contributed by atoms with Crippen molar-refractivity contribution >= 4 is 23.8 Å². The molecule has 0 fully saturated rings. The van der Waals surface area contributed by atoms with Gasteiger partial charge in [-0.2, -0.15) is 0 Å². The van der Waals surface area contributed by atoms with Crippen molar-refractivity contribution in [2.45, 2.75) is 0 Å². The van der Waals surface area contributed by atoms with Crippen molar-refractivity contribution in [1.82, 2.24) is 0 Å². The van der Waals surface area contributed by atoms with E-state index in [0.717, 1.165) is 0 Å². The molecule has 0 aliphatic carbocycles. The first-order valence-electron chi connectivity index (χ1n) is 26.5. The SMILES string of the molecule is c1ccc(Oc2cc(Oc3ccccc3)c(P(c3c(Oc4ccccc4)cc(Oc4ccccc4)cc3Oc3ccccc3)c3c(Oc4ccccc4)cc(Oc4ccccc4)cc3Oc3ccccc3)c(Oc3ccccc3)c2)cc1. The lowest BCUT2D eigenvalue weighted by Gasteiger charge is -2.31. The molecular weight excluding hydrogens is 1040 g/mol. The third-order valence-electron chi connectivity index (χ3n) is 12.5. The number of hydrogen-bond acceptors (Lipinski definition) is 9. The lowest BCUT2D eigenvalue weighted by Crippen LogP contribution is -2.27. The van der Waals surface area contributed by atoms with Gasteiger partial charge < -0.3 is 42.6 Å². The zero-order chi connectivity index (χ0) is 55.1. The van der Waals surface area contributed by atoms with Crippen molar-refractivity contribution in [3.05, 3.63) is 309 Å². The lowest BCUT2D eigenvalue weighted by molar-refractivity contribution is 0.444. The summed E-state index contributed by atoms with van der Waals surface area (Å²) in [6.45, 7) is 0. The molecule has 0 saturated carbocycles. The second-order valence-corrected chi connectivity index (χ2v) is 20.4. The minimum absolute atomic E-state index is 0.374. The Morgan fingerprint density at radius 2 is 0.280 bits per heavy atom. The minimum Gasteiger partial charge on any atom is -0.457 e. The number of rotatable bonds is 21. The van der Waals surface area contributed by atoms with E-state index < -0.39 is 7.92 Å². The van der Waals surface area contributed by atoms with Crippen molar-refractivity contribution in [1.29, 1.82) is 0 Å². The summed E-state index contributed by atoms with van der Waals surface area (Å²) in [5, 5.41) is 1.68. The van der Waals surface area contributed by atoms with Crippen molar-refractivity contribution in [2.24, 2.45) is 0 Å². The first kappa shape index (κ1) is 52.0. The summed E-state index contributed by atoms with van der Waals surface area (Å²) in [5.74, 6) is 8.61. The van der Waals surface area contributed by atoms with Crippen LogP contribution < -0.4 is 58.5 Å². The zero-order valence-electron chi connectivity index (χ0n) is 44.1. The van der Waals surface area contributed by atoms with Crippen LogP contribution in [0.5, 0.6) is 103 Å². The van der Waals surface area contributed by atoms with Crippen LogP contribution in [0.25, 0.3) is 0 Å². The third kappa shape index (κ3) is 13.1. The second-order valence-electron chi connectivity index (χ2n) is 18.4. The second kappa shape index (κ2) is 25.4. The van der Waals surface area contributed by atoms with Crippen LogP contribution in [0.3, 0.4) is 0 Å². The molecule has 0 heterocycles. The van der Waals surface area contributed by atoms with Crippen LogP contribution in [0, 0.1) is 0 Å². The van der Waals surface area contributed by atoms with Gasteiger partial charge in [0.15, 0.2) is 0 Å². The molecule has 12 aromatic rings. The topological polar surface area (TPSA) is 83.1 Å². The highest BCUT2D eigenvalue weighted by Crippen LogP contribution is 2.55. The molecule has 12 aromatic carbocycles. The summed E-state index contributed by atoms with van der Waals surface area (Å²) >= 11 is 0. The molecule has 0 N–H and O–H groups in total. The van der Waals surface area contributed by atoms with E-state index in [2.05, 4.69) is 0 Å². The molecule has 398 valence electrons. The summed E-state index contributed by atoms with van der Waals surface area (Å²) < 4.78 is 63.9. The van der Waals surface area contributed by atoms with Gasteiger partial charge in [0, 0.05) is 44.3 Å². The van der Waals surface area contributed by atoms with Crippen LogP contribution in [-0.2, 0) is 0 Å². The van der Waals surface area contributed by atoms with Gasteiger partial charge >= 0.3 is 0 Å². The predicted molar refractivity (Wildman–Crippen MR) is 324 cm³/mol. The van der Waals surface area contributed by atoms with Gasteiger partial charge in [0.05, 0.1) is 15.9 Å². The monoisotopic (exact) mass is 1090 g/mol. The van der Waals surface area contributed by atoms with Gasteiger partial charge in [-0.3, -0.25) is 0 Å². The molecule has 0 amide bonds. The standard InChI is InChI=1S/C72H51O9P/c1-10-28-52(29-11-1)73-61-46-64(76-55-34-16-4-17-35-55)70(65(47-61)77-56-36-18-5-19-37-56)82(71-66(78-57-38-20-6-21-39-57)48-62(74-53-30-12-2-13-31-53)49-67(71)79-58-40-22-7-23-41-58)72-68(80-59-42-24-8-25-43-59)50-63(75-54-32-14-3-15-33-54)51-69(72)81-60-44-26-9-27-45-60/h1-51H. The molecule has 12 rings (SSSR count). The highest BCUT2D eigenvalue weighted by Gasteiger charge is 2.38. The molecule has 0 aliphatic rings. The maximum Gasteiger partial charge on any atom is 0.143 e. The lowest BCUT2D eigenvalue weighted by atomic mass is 10.2. The number of benzene rings is 12. The molecule has 0 atom stereocenters. The van der Waals surface area contributed by atoms with Gasteiger partial charge in [-0.15, -0.1) is 0 Å². The summed E-state index contributed by atoms with van der Waals surface area (Å²) in [6.07, 6.45) is 0.